The molecule has 0 radical (unpaired) electrons. The number of hydroxylamine groups is 2. The number of hydrogen-bond donors (Lipinski definition) is 3. The smallest absolute Gasteiger partial charge is 0.353 e. The lowest BCUT2D eigenvalue weighted by Crippen LogP contribution is -2.47. The van der Waals surface area contributed by atoms with E-state index in [0.29, 0.717) is 19.3 Å². The highest BCUT2D eigenvalue weighted by atomic mass is 32.3. The largest absolute Gasteiger partial charge is 0.418 e. The molecule has 2 amide bonds. The van der Waals surface area contributed by atoms with Crippen molar-refractivity contribution < 1.29 is 26.8 Å². The molecule has 0 aromatic rings. The van der Waals surface area contributed by atoms with Crippen molar-refractivity contribution in [2.75, 3.05) is 13.1 Å². The highest BCUT2D eigenvalue weighted by Crippen LogP contribution is 2.41. The number of carbonyl (C=O) groups is 2. The Labute approximate surface area is 134 Å². The van der Waals surface area contributed by atoms with E-state index in [-0.39, 0.29) is 11.9 Å². The maximum atomic E-state index is 12.5. The summed E-state index contributed by atoms with van der Waals surface area (Å²) in [4.78, 5) is 24.8. The first-order valence-electron chi connectivity index (χ1n) is 7.86. The summed E-state index contributed by atoms with van der Waals surface area (Å²) >= 11 is 0. The van der Waals surface area contributed by atoms with Crippen molar-refractivity contribution >= 4 is 22.2 Å². The lowest BCUT2D eigenvalue weighted by Gasteiger charge is -2.29. The van der Waals surface area contributed by atoms with Gasteiger partial charge in [-0.25, -0.2) is 0 Å². The maximum Gasteiger partial charge on any atom is 0.418 e. The second-order valence-electron chi connectivity index (χ2n) is 6.38. The zero-order valence-electron chi connectivity index (χ0n) is 12.6. The van der Waals surface area contributed by atoms with E-state index in [4.69, 9.17) is 4.55 Å². The summed E-state index contributed by atoms with van der Waals surface area (Å²) < 4.78 is 34.9. The van der Waals surface area contributed by atoms with Crippen LogP contribution in [0.25, 0.3) is 0 Å². The summed E-state index contributed by atoms with van der Waals surface area (Å²) in [7, 11) is -4.74. The first kappa shape index (κ1) is 16.6. The fourth-order valence-electron chi connectivity index (χ4n) is 3.77. The molecule has 0 spiro atoms. The lowest BCUT2D eigenvalue weighted by molar-refractivity contribution is -0.159. The van der Waals surface area contributed by atoms with Crippen molar-refractivity contribution in [3.05, 3.63) is 0 Å². The normalized spacial score (nSPS) is 32.1. The third kappa shape index (κ3) is 3.65. The van der Waals surface area contributed by atoms with Crippen LogP contribution in [0.4, 0.5) is 0 Å². The fourth-order valence-corrected chi connectivity index (χ4v) is 4.16. The molecule has 3 fully saturated rings. The molecule has 3 N–H and O–H groups in total. The van der Waals surface area contributed by atoms with Crippen molar-refractivity contribution in [3.8, 4) is 0 Å². The van der Waals surface area contributed by atoms with E-state index in [2.05, 4.69) is 14.9 Å². The molecule has 1 saturated carbocycles. The minimum absolute atomic E-state index is 0.114. The number of rotatable bonds is 4. The number of carbonyl (C=O) groups excluding carboxylic acids is 2. The molecule has 3 atom stereocenters. The Hall–Kier alpha value is -1.23. The summed E-state index contributed by atoms with van der Waals surface area (Å²) in [6.07, 6.45) is 3.07. The second-order valence-corrected chi connectivity index (χ2v) is 7.38. The summed E-state index contributed by atoms with van der Waals surface area (Å²) in [6, 6.07) is -0.291. The molecular formula is C13H21N3O6S. The molecule has 0 aromatic heterocycles. The molecule has 9 nitrogen and oxygen atoms in total. The van der Waals surface area contributed by atoms with Crippen molar-refractivity contribution in [2.45, 2.75) is 44.2 Å². The molecule has 0 aromatic carbocycles. The SMILES string of the molecule is O=C(NC1CCNCC1)C1CC[C@@H]2CC1C(=O)N2OS(=O)(=O)O. The summed E-state index contributed by atoms with van der Waals surface area (Å²) in [5, 5.41) is 6.94. The fraction of sp³-hybridized carbons (Fsp3) is 0.846. The first-order chi connectivity index (χ1) is 10.8. The Morgan fingerprint density at radius 2 is 1.96 bits per heavy atom. The van der Waals surface area contributed by atoms with Crippen LogP contribution in [0.1, 0.15) is 32.1 Å². The van der Waals surface area contributed by atoms with Gasteiger partial charge in [-0.15, -0.1) is 4.28 Å². The molecule has 1 aliphatic carbocycles. The second kappa shape index (κ2) is 6.34. The van der Waals surface area contributed by atoms with Crippen molar-refractivity contribution in [3.63, 3.8) is 0 Å². The topological polar surface area (TPSA) is 125 Å². The van der Waals surface area contributed by atoms with Crippen molar-refractivity contribution in [2.24, 2.45) is 11.8 Å². The van der Waals surface area contributed by atoms with Crippen LogP contribution in [-0.4, -0.2) is 55.0 Å². The van der Waals surface area contributed by atoms with Crippen LogP contribution in [0.3, 0.4) is 0 Å². The quantitative estimate of drug-likeness (QED) is 0.569. The number of amides is 2. The molecule has 130 valence electrons. The third-order valence-electron chi connectivity index (χ3n) is 4.89. The minimum atomic E-state index is -4.74. The molecule has 10 heteroatoms. The molecule has 2 heterocycles. The van der Waals surface area contributed by atoms with Gasteiger partial charge in [0.1, 0.15) is 0 Å². The van der Waals surface area contributed by atoms with Crippen LogP contribution in [0.2, 0.25) is 0 Å². The maximum absolute atomic E-state index is 12.5. The molecule has 2 bridgehead atoms. The van der Waals surface area contributed by atoms with Crippen LogP contribution in [0.15, 0.2) is 0 Å². The van der Waals surface area contributed by atoms with Gasteiger partial charge >= 0.3 is 10.4 Å². The monoisotopic (exact) mass is 347 g/mol. The Morgan fingerprint density at radius 3 is 2.61 bits per heavy atom. The highest BCUT2D eigenvalue weighted by molar-refractivity contribution is 7.80. The van der Waals surface area contributed by atoms with Gasteiger partial charge in [0.25, 0.3) is 5.91 Å². The van der Waals surface area contributed by atoms with Gasteiger partial charge < -0.3 is 10.6 Å². The number of hydrogen-bond acceptors (Lipinski definition) is 6. The van der Waals surface area contributed by atoms with E-state index in [1.807, 2.05) is 0 Å². The van der Waals surface area contributed by atoms with Crippen LogP contribution >= 0.6 is 0 Å². The molecule has 3 rings (SSSR count). The lowest BCUT2D eigenvalue weighted by atomic mass is 9.79. The third-order valence-corrected chi connectivity index (χ3v) is 5.23. The van der Waals surface area contributed by atoms with Crippen molar-refractivity contribution in [1.82, 2.24) is 15.7 Å². The van der Waals surface area contributed by atoms with Crippen LogP contribution in [0.5, 0.6) is 0 Å². The van der Waals surface area contributed by atoms with Crippen molar-refractivity contribution in [1.29, 1.82) is 0 Å². The highest BCUT2D eigenvalue weighted by Gasteiger charge is 2.51. The Kier molecular flexibility index (Phi) is 4.59. The number of fused-ring (bicyclic) bond motifs is 2. The zero-order valence-corrected chi connectivity index (χ0v) is 13.4. The van der Waals surface area contributed by atoms with Gasteiger partial charge in [-0.3, -0.25) is 14.1 Å². The number of nitrogens with zero attached hydrogens (tertiary/aromatic N) is 1. The summed E-state index contributed by atoms with van der Waals surface area (Å²) in [5.74, 6) is -1.75. The van der Waals surface area contributed by atoms with Gasteiger partial charge in [0.15, 0.2) is 0 Å². The van der Waals surface area contributed by atoms with E-state index in [0.717, 1.165) is 31.0 Å². The van der Waals surface area contributed by atoms with Gasteiger partial charge in [-0.05, 0) is 45.2 Å². The van der Waals surface area contributed by atoms with Gasteiger partial charge in [0.2, 0.25) is 5.91 Å². The molecular weight excluding hydrogens is 326 g/mol. The van der Waals surface area contributed by atoms with Crippen LogP contribution in [-0.2, 0) is 24.3 Å². The van der Waals surface area contributed by atoms with Crippen LogP contribution in [0, 0.1) is 11.8 Å². The van der Waals surface area contributed by atoms with E-state index in [9.17, 15) is 18.0 Å². The van der Waals surface area contributed by atoms with E-state index < -0.39 is 34.2 Å². The van der Waals surface area contributed by atoms with E-state index >= 15 is 0 Å². The van der Waals surface area contributed by atoms with E-state index in [1.165, 1.54) is 0 Å². The summed E-state index contributed by atoms with van der Waals surface area (Å²) in [6.45, 7) is 1.71. The molecule has 2 saturated heterocycles. The zero-order chi connectivity index (χ0) is 16.6. The van der Waals surface area contributed by atoms with Gasteiger partial charge in [-0.1, -0.05) is 0 Å². The predicted octanol–water partition coefficient (Wildman–Crippen LogP) is -0.784. The number of piperidine rings is 1. The van der Waals surface area contributed by atoms with Gasteiger partial charge in [-0.2, -0.15) is 13.5 Å². The molecule has 3 aliphatic rings. The minimum Gasteiger partial charge on any atom is -0.353 e. The standard InChI is InChI=1S/C13H21N3O6S/c17-12(15-8-3-5-14-6-4-8)10-2-1-9-7-11(10)13(18)16(9)22-23(19,20)21/h8-11,14H,1-7H2,(H,15,17)(H,19,20,21)/t9-,10?,11?/m1/s1. The number of nitrogens with one attached hydrogen (secondary N) is 2. The van der Waals surface area contributed by atoms with Gasteiger partial charge in [0, 0.05) is 12.0 Å². The first-order valence-corrected chi connectivity index (χ1v) is 9.23. The average molecular weight is 347 g/mol. The Balaban J connectivity index is 1.64. The van der Waals surface area contributed by atoms with Crippen LogP contribution < -0.4 is 10.6 Å². The Bertz CT molecular complexity index is 589. The van der Waals surface area contributed by atoms with Gasteiger partial charge in [0.05, 0.1) is 12.0 Å². The Morgan fingerprint density at radius 1 is 1.26 bits per heavy atom. The molecule has 2 aliphatic heterocycles. The van der Waals surface area contributed by atoms with E-state index in [1.54, 1.807) is 0 Å². The predicted molar refractivity (Wildman–Crippen MR) is 78.1 cm³/mol. The average Bonchev–Trinajstić information content (AvgIpc) is 2.72. The summed E-state index contributed by atoms with van der Waals surface area (Å²) in [5.41, 5.74) is 0. The molecule has 2 unspecified atom stereocenters. The molecule has 23 heavy (non-hydrogen) atoms.